The first-order valence-electron chi connectivity index (χ1n) is 31.2. The number of unbranched alkanes of at least 4 members (excludes halogenated alkanes) is 26. The van der Waals surface area contributed by atoms with Crippen LogP contribution in [-0.2, 0) is 23.7 Å². The minimum absolute atomic E-state index is 0.242. The molecule has 0 aromatic heterocycles. The van der Waals surface area contributed by atoms with E-state index >= 15 is 0 Å². The topological polar surface area (TPSA) is 228 Å². The zero-order chi connectivity index (χ0) is 56.7. The lowest BCUT2D eigenvalue weighted by Gasteiger charge is -2.46. The van der Waals surface area contributed by atoms with E-state index < -0.39 is 86.8 Å². The van der Waals surface area contributed by atoms with E-state index in [2.05, 4.69) is 79.9 Å². The van der Waals surface area contributed by atoms with Crippen molar-refractivity contribution in [3.63, 3.8) is 0 Å². The van der Waals surface area contributed by atoms with Gasteiger partial charge in [-0.1, -0.05) is 228 Å². The maximum atomic E-state index is 13.2. The van der Waals surface area contributed by atoms with Gasteiger partial charge < -0.3 is 65.1 Å². The Morgan fingerprint density at radius 3 is 1.41 bits per heavy atom. The number of allylic oxidation sites excluding steroid dienone is 11. The minimum atomic E-state index is -1.80. The lowest BCUT2D eigenvalue weighted by molar-refractivity contribution is -0.359. The van der Waals surface area contributed by atoms with Crippen LogP contribution in [0.5, 0.6) is 0 Å². The predicted molar refractivity (Wildman–Crippen MR) is 313 cm³/mol. The number of ether oxygens (including phenoxy) is 4. The lowest BCUT2D eigenvalue weighted by Crippen LogP contribution is -2.65. The monoisotopic (exact) mass is 1100 g/mol. The highest BCUT2D eigenvalue weighted by Gasteiger charge is 2.51. The molecule has 12 unspecified atom stereocenters. The summed E-state index contributed by atoms with van der Waals surface area (Å²) in [5, 5.41) is 87.1. The molecule has 0 bridgehead atoms. The Balaban J connectivity index is 1.76. The van der Waals surface area contributed by atoms with Crippen molar-refractivity contribution in [2.75, 3.05) is 19.8 Å². The van der Waals surface area contributed by atoms with Gasteiger partial charge in [0.05, 0.1) is 32.0 Å². The van der Waals surface area contributed by atoms with Gasteiger partial charge in [-0.3, -0.25) is 4.79 Å². The van der Waals surface area contributed by atoms with E-state index in [9.17, 15) is 45.6 Å². The molecule has 2 aliphatic rings. The predicted octanol–water partition coefficient (Wildman–Crippen LogP) is 11.1. The van der Waals surface area contributed by atoms with Gasteiger partial charge in [0, 0.05) is 6.42 Å². The summed E-state index contributed by atoms with van der Waals surface area (Å²) in [6, 6.07) is -0.949. The Labute approximate surface area is 472 Å². The summed E-state index contributed by atoms with van der Waals surface area (Å²) < 4.78 is 22.8. The molecule has 2 heterocycles. The second kappa shape index (κ2) is 49.1. The fourth-order valence-corrected chi connectivity index (χ4v) is 9.89. The highest BCUT2D eigenvalue weighted by atomic mass is 16.7. The normalized spacial score (nSPS) is 25.1. The molecule has 2 fully saturated rings. The zero-order valence-electron chi connectivity index (χ0n) is 48.6. The highest BCUT2D eigenvalue weighted by molar-refractivity contribution is 5.76. The van der Waals surface area contributed by atoms with Gasteiger partial charge in [-0.05, 0) is 70.6 Å². The summed E-state index contributed by atoms with van der Waals surface area (Å²) in [6.07, 6.45) is 48.1. The molecule has 12 atom stereocenters. The van der Waals surface area contributed by atoms with E-state index in [1.165, 1.54) is 135 Å². The number of amides is 1. The molecule has 14 nitrogen and oxygen atoms in total. The largest absolute Gasteiger partial charge is 0.394 e. The van der Waals surface area contributed by atoms with Crippen molar-refractivity contribution in [1.82, 2.24) is 5.32 Å². The fourth-order valence-electron chi connectivity index (χ4n) is 9.89. The lowest BCUT2D eigenvalue weighted by atomic mass is 9.97. The number of aliphatic hydroxyl groups is 8. The van der Waals surface area contributed by atoms with Crippen LogP contribution >= 0.6 is 0 Å². The molecule has 14 heteroatoms. The standard InChI is InChI=1S/C64H113NO13/c1-3-5-7-9-11-13-15-17-19-21-22-23-24-25-26-27-28-29-30-32-33-35-37-39-41-43-45-47-53(68)52(65-56(69)48-46-44-42-40-38-36-34-31-20-18-16-14-12-10-8-6-4-2)51-75-63-61(74)59(72)62(55(50-67)77-63)78-64-60(73)58(71)57(70)54(49-66)76-64/h6,8,12,14,18,20,34,36-37,39,45,47,52-55,57-64,66-68,70-74H,3-5,7,9-11,13,15-17,19,21-33,35,38,40-44,46,48-51H2,1-2H3,(H,65,69)/b8-6-,14-12-,20-18-,36-34-,39-37+,47-45+. The number of carbonyl (C=O) groups is 1. The van der Waals surface area contributed by atoms with E-state index in [1.54, 1.807) is 6.08 Å². The van der Waals surface area contributed by atoms with Crippen LogP contribution < -0.4 is 5.32 Å². The van der Waals surface area contributed by atoms with E-state index in [4.69, 9.17) is 18.9 Å². The van der Waals surface area contributed by atoms with Crippen LogP contribution in [0.1, 0.15) is 232 Å². The first-order valence-corrected chi connectivity index (χ1v) is 31.2. The van der Waals surface area contributed by atoms with Crippen molar-refractivity contribution in [1.29, 1.82) is 0 Å². The molecule has 78 heavy (non-hydrogen) atoms. The Morgan fingerprint density at radius 1 is 0.474 bits per heavy atom. The van der Waals surface area contributed by atoms with Crippen molar-refractivity contribution in [3.05, 3.63) is 72.9 Å². The molecule has 452 valence electrons. The Kier molecular flexibility index (Phi) is 45.0. The van der Waals surface area contributed by atoms with Crippen molar-refractivity contribution < 1.29 is 64.6 Å². The first-order chi connectivity index (χ1) is 38.1. The van der Waals surface area contributed by atoms with Gasteiger partial charge in [-0.2, -0.15) is 0 Å². The van der Waals surface area contributed by atoms with Gasteiger partial charge in [-0.15, -0.1) is 0 Å². The van der Waals surface area contributed by atoms with Crippen LogP contribution in [0.3, 0.4) is 0 Å². The van der Waals surface area contributed by atoms with E-state index in [0.717, 1.165) is 64.2 Å². The maximum Gasteiger partial charge on any atom is 0.220 e. The summed E-state index contributed by atoms with van der Waals surface area (Å²) >= 11 is 0. The van der Waals surface area contributed by atoms with Crippen molar-refractivity contribution in [2.45, 2.75) is 306 Å². The quantitative estimate of drug-likeness (QED) is 0.0204. The second-order valence-electron chi connectivity index (χ2n) is 21.8. The summed E-state index contributed by atoms with van der Waals surface area (Å²) in [5.74, 6) is -0.274. The van der Waals surface area contributed by atoms with Gasteiger partial charge in [0.15, 0.2) is 12.6 Å². The third kappa shape index (κ3) is 34.0. The first kappa shape index (κ1) is 71.5. The van der Waals surface area contributed by atoms with Crippen LogP contribution in [0, 0.1) is 0 Å². The van der Waals surface area contributed by atoms with Crippen molar-refractivity contribution in [2.24, 2.45) is 0 Å². The number of rotatable bonds is 49. The molecule has 0 saturated carbocycles. The molecular weight excluding hydrogens is 991 g/mol. The van der Waals surface area contributed by atoms with Crippen LogP contribution in [0.4, 0.5) is 0 Å². The number of hydrogen-bond donors (Lipinski definition) is 9. The number of carbonyl (C=O) groups excluding carboxylic acids is 1. The highest BCUT2D eigenvalue weighted by Crippen LogP contribution is 2.30. The molecular formula is C64H113NO13. The average molecular weight is 1100 g/mol. The van der Waals surface area contributed by atoms with Crippen LogP contribution in [0.2, 0.25) is 0 Å². The molecule has 0 aliphatic carbocycles. The molecule has 0 aromatic rings. The third-order valence-electron chi connectivity index (χ3n) is 14.9. The Morgan fingerprint density at radius 2 is 0.897 bits per heavy atom. The minimum Gasteiger partial charge on any atom is -0.394 e. The molecule has 0 spiro atoms. The molecule has 0 aromatic carbocycles. The summed E-state index contributed by atoms with van der Waals surface area (Å²) in [5.41, 5.74) is 0. The van der Waals surface area contributed by atoms with Gasteiger partial charge in [0.2, 0.25) is 5.91 Å². The van der Waals surface area contributed by atoms with E-state index in [-0.39, 0.29) is 18.9 Å². The molecule has 9 N–H and O–H groups in total. The molecule has 1 amide bonds. The number of nitrogens with one attached hydrogen (secondary N) is 1. The van der Waals surface area contributed by atoms with Gasteiger partial charge in [0.1, 0.15) is 48.8 Å². The molecule has 2 saturated heterocycles. The van der Waals surface area contributed by atoms with Crippen molar-refractivity contribution >= 4 is 5.91 Å². The van der Waals surface area contributed by atoms with Crippen LogP contribution in [0.15, 0.2) is 72.9 Å². The van der Waals surface area contributed by atoms with Gasteiger partial charge in [0.25, 0.3) is 0 Å². The van der Waals surface area contributed by atoms with E-state index in [1.807, 2.05) is 6.08 Å². The fraction of sp³-hybridized carbons (Fsp3) is 0.797. The zero-order valence-corrected chi connectivity index (χ0v) is 48.6. The van der Waals surface area contributed by atoms with Gasteiger partial charge in [-0.25, -0.2) is 0 Å². The molecule has 2 aliphatic heterocycles. The molecule has 0 radical (unpaired) electrons. The van der Waals surface area contributed by atoms with Crippen LogP contribution in [-0.4, -0.2) is 140 Å². The van der Waals surface area contributed by atoms with Crippen LogP contribution in [0.25, 0.3) is 0 Å². The van der Waals surface area contributed by atoms with Gasteiger partial charge >= 0.3 is 0 Å². The third-order valence-corrected chi connectivity index (χ3v) is 14.9. The Bertz CT molecular complexity index is 1580. The summed E-state index contributed by atoms with van der Waals surface area (Å²) in [4.78, 5) is 13.2. The summed E-state index contributed by atoms with van der Waals surface area (Å²) in [6.45, 7) is 2.66. The molecule has 2 rings (SSSR count). The average Bonchev–Trinajstić information content (AvgIpc) is 3.48. The SMILES string of the molecule is CC/C=C\C/C=C\C/C=C\C/C=C\CCCCCCC(=O)NC(COC1OC(CO)C(OC2OC(CO)C(O)C(O)C2O)C(O)C1O)C(O)/C=C/CC/C=C/CCCCCCCCCCCCCCCCCCCCCCC. The number of hydrogen-bond acceptors (Lipinski definition) is 13. The Hall–Kier alpha value is -2.57. The smallest absolute Gasteiger partial charge is 0.220 e. The maximum absolute atomic E-state index is 13.2. The van der Waals surface area contributed by atoms with Crippen molar-refractivity contribution in [3.8, 4) is 0 Å². The second-order valence-corrected chi connectivity index (χ2v) is 21.8. The summed E-state index contributed by atoms with van der Waals surface area (Å²) in [7, 11) is 0. The van der Waals surface area contributed by atoms with E-state index in [0.29, 0.717) is 12.8 Å². The number of aliphatic hydroxyl groups excluding tert-OH is 8.